The molecule has 1 heterocycles. The summed E-state index contributed by atoms with van der Waals surface area (Å²) in [6.07, 6.45) is 1.41. The Morgan fingerprint density at radius 3 is 2.48 bits per heavy atom. The summed E-state index contributed by atoms with van der Waals surface area (Å²) in [5, 5.41) is 30.0. The van der Waals surface area contributed by atoms with E-state index in [0.717, 1.165) is 4.68 Å². The zero-order chi connectivity index (χ0) is 22.3. The summed E-state index contributed by atoms with van der Waals surface area (Å²) in [7, 11) is -1.85. The Labute approximate surface area is 180 Å². The van der Waals surface area contributed by atoms with Crippen LogP contribution in [0.4, 0.5) is 17.6 Å². The molecule has 1 unspecified atom stereocenters. The summed E-state index contributed by atoms with van der Waals surface area (Å²) in [5.74, 6) is -6.96. The Bertz CT molecular complexity index is 852. The number of halogens is 5. The van der Waals surface area contributed by atoms with Gasteiger partial charge in [-0.3, -0.25) is 4.79 Å². The molecule has 1 aromatic heterocycles. The number of carbonyl (C=O) groups excluding carboxylic acids is 1. The number of amides is 1. The third-order valence-corrected chi connectivity index (χ3v) is 4.03. The molecule has 0 aliphatic heterocycles. The van der Waals surface area contributed by atoms with Crippen LogP contribution in [0.5, 0.6) is 0 Å². The maximum absolute atomic E-state index is 13.6. The lowest BCUT2D eigenvalue weighted by Gasteiger charge is -2.12. The highest BCUT2D eigenvalue weighted by atomic mass is 35.5. The van der Waals surface area contributed by atoms with Crippen LogP contribution in [0.1, 0.15) is 36.7 Å². The number of tetrazole rings is 1. The number of nitrogens with zero attached hydrogens (tertiary/aromatic N) is 4. The predicted octanol–water partition coefficient (Wildman–Crippen LogP) is 0.124. The van der Waals surface area contributed by atoms with Gasteiger partial charge in [0.25, 0.3) is 0 Å². The summed E-state index contributed by atoms with van der Waals surface area (Å²) in [4.78, 5) is 12.0. The molecule has 0 saturated carbocycles. The van der Waals surface area contributed by atoms with E-state index in [1.165, 1.54) is 0 Å². The second-order valence-electron chi connectivity index (χ2n) is 6.22. The average Bonchev–Trinajstić information content (AvgIpc) is 3.14. The van der Waals surface area contributed by atoms with Crippen LogP contribution in [0.15, 0.2) is 6.07 Å². The lowest BCUT2D eigenvalue weighted by molar-refractivity contribution is -0.122. The van der Waals surface area contributed by atoms with E-state index >= 15 is 0 Å². The molecule has 0 bridgehead atoms. The van der Waals surface area contributed by atoms with Gasteiger partial charge < -0.3 is 25.8 Å². The van der Waals surface area contributed by atoms with Gasteiger partial charge >= 0.3 is 7.32 Å². The van der Waals surface area contributed by atoms with Gasteiger partial charge in [0.2, 0.25) is 5.91 Å². The van der Waals surface area contributed by atoms with Crippen molar-refractivity contribution in [2.75, 3.05) is 6.61 Å². The van der Waals surface area contributed by atoms with E-state index in [-0.39, 0.29) is 30.9 Å². The number of rotatable bonds is 11. The van der Waals surface area contributed by atoms with Crippen LogP contribution in [0.3, 0.4) is 0 Å². The largest absolute Gasteiger partial charge is 0.633 e. The Hall–Kier alpha value is -2.33. The van der Waals surface area contributed by atoms with Crippen molar-refractivity contribution in [2.24, 2.45) is 5.73 Å². The fourth-order valence-electron chi connectivity index (χ4n) is 2.53. The third kappa shape index (κ3) is 7.70. The van der Waals surface area contributed by atoms with Crippen LogP contribution < -0.4 is 11.1 Å². The zero-order valence-corrected chi connectivity index (χ0v) is 16.8. The Morgan fingerprint density at radius 2 is 1.87 bits per heavy atom. The standard InChI is InChI=1S/C15H19BF4N6O4.ClH/c17-9-5-10(18)14(20)8(13(9)19)6-22-12(27)7-26-15(23-24-25-26)11(21)3-1-2-4-30-16(28)29;/h5,11,28-29H,1-4,6-7,21H2,(H,22,27);1H. The first-order valence-electron chi connectivity index (χ1n) is 8.78. The number of benzene rings is 1. The van der Waals surface area contributed by atoms with E-state index in [9.17, 15) is 22.4 Å². The molecule has 0 radical (unpaired) electrons. The topological polar surface area (TPSA) is 148 Å². The molecule has 172 valence electrons. The lowest BCUT2D eigenvalue weighted by Crippen LogP contribution is -2.30. The number of hydrogen-bond donors (Lipinski definition) is 4. The predicted molar refractivity (Wildman–Crippen MR) is 100 cm³/mol. The smallest absolute Gasteiger partial charge is 0.402 e. The molecule has 2 rings (SSSR count). The van der Waals surface area contributed by atoms with Gasteiger partial charge in [-0.25, -0.2) is 22.2 Å². The molecular weight excluding hydrogens is 450 g/mol. The van der Waals surface area contributed by atoms with Crippen molar-refractivity contribution < 1.29 is 37.1 Å². The van der Waals surface area contributed by atoms with E-state index < -0.39 is 61.2 Å². The minimum atomic E-state index is -1.85. The van der Waals surface area contributed by atoms with Crippen molar-refractivity contribution in [1.29, 1.82) is 0 Å². The molecule has 1 atom stereocenters. The van der Waals surface area contributed by atoms with E-state index in [0.29, 0.717) is 19.3 Å². The zero-order valence-electron chi connectivity index (χ0n) is 16.0. The first-order valence-corrected chi connectivity index (χ1v) is 8.78. The fraction of sp³-hybridized carbons (Fsp3) is 0.467. The maximum atomic E-state index is 13.6. The molecule has 0 aliphatic carbocycles. The van der Waals surface area contributed by atoms with Crippen molar-refractivity contribution in [1.82, 2.24) is 25.5 Å². The lowest BCUT2D eigenvalue weighted by atomic mass is 10.1. The van der Waals surface area contributed by atoms with Crippen molar-refractivity contribution in [3.05, 3.63) is 40.7 Å². The van der Waals surface area contributed by atoms with Crippen LogP contribution in [-0.2, 0) is 22.5 Å². The quantitative estimate of drug-likeness (QED) is 0.157. The molecule has 1 amide bonds. The second kappa shape index (κ2) is 12.5. The highest BCUT2D eigenvalue weighted by molar-refractivity contribution is 6.32. The van der Waals surface area contributed by atoms with Gasteiger partial charge in [-0.1, -0.05) is 0 Å². The molecule has 10 nitrogen and oxygen atoms in total. The van der Waals surface area contributed by atoms with Crippen molar-refractivity contribution in [3.63, 3.8) is 0 Å². The van der Waals surface area contributed by atoms with Crippen molar-refractivity contribution >= 4 is 25.6 Å². The Morgan fingerprint density at radius 1 is 1.23 bits per heavy atom. The van der Waals surface area contributed by atoms with Crippen LogP contribution in [0.2, 0.25) is 0 Å². The van der Waals surface area contributed by atoms with Crippen molar-refractivity contribution in [2.45, 2.75) is 38.4 Å². The molecule has 0 saturated heterocycles. The number of nitrogens with one attached hydrogen (secondary N) is 1. The minimum absolute atomic E-state index is 0. The number of hydrogen-bond acceptors (Lipinski definition) is 8. The SMILES string of the molecule is Cl.NC(CCCCOB(O)O)c1nnnn1CC(=O)NCc1c(F)c(F)cc(F)c1F. The van der Waals surface area contributed by atoms with Gasteiger partial charge in [0, 0.05) is 24.8 Å². The highest BCUT2D eigenvalue weighted by Crippen LogP contribution is 2.19. The summed E-state index contributed by atoms with van der Waals surface area (Å²) in [6.45, 7) is -1.13. The summed E-state index contributed by atoms with van der Waals surface area (Å²) >= 11 is 0. The number of aromatic nitrogens is 4. The van der Waals surface area contributed by atoms with E-state index in [4.69, 9.17) is 15.8 Å². The number of nitrogens with two attached hydrogens (primary N) is 1. The molecule has 5 N–H and O–H groups in total. The third-order valence-electron chi connectivity index (χ3n) is 4.03. The van der Waals surface area contributed by atoms with Gasteiger partial charge in [0.1, 0.15) is 6.54 Å². The first kappa shape index (κ1) is 26.7. The average molecular weight is 471 g/mol. The fourth-order valence-corrected chi connectivity index (χ4v) is 2.53. The van der Waals surface area contributed by atoms with Crippen LogP contribution >= 0.6 is 12.4 Å². The van der Waals surface area contributed by atoms with E-state index in [1.54, 1.807) is 0 Å². The van der Waals surface area contributed by atoms with Gasteiger partial charge in [0.15, 0.2) is 29.1 Å². The molecular formula is C15H20BClF4N6O4. The van der Waals surface area contributed by atoms with Gasteiger partial charge in [-0.2, -0.15) is 0 Å². The Kier molecular flexibility index (Phi) is 10.8. The number of unbranched alkanes of at least 4 members (excludes halogenated alkanes) is 1. The molecule has 31 heavy (non-hydrogen) atoms. The normalized spacial score (nSPS) is 11.7. The minimum Gasteiger partial charge on any atom is -0.402 e. The van der Waals surface area contributed by atoms with Gasteiger partial charge in [-0.15, -0.1) is 17.5 Å². The molecule has 1 aromatic carbocycles. The monoisotopic (exact) mass is 470 g/mol. The van der Waals surface area contributed by atoms with Gasteiger partial charge in [0.05, 0.1) is 6.04 Å². The van der Waals surface area contributed by atoms with E-state index in [2.05, 4.69) is 25.5 Å². The summed E-state index contributed by atoms with van der Waals surface area (Å²) < 4.78 is 59.3. The maximum Gasteiger partial charge on any atom is 0.633 e. The first-order chi connectivity index (χ1) is 14.2. The second-order valence-corrected chi connectivity index (χ2v) is 6.22. The van der Waals surface area contributed by atoms with Crippen LogP contribution in [-0.4, -0.2) is 50.1 Å². The summed E-state index contributed by atoms with van der Waals surface area (Å²) in [5.41, 5.74) is 5.02. The molecule has 0 aliphatic rings. The summed E-state index contributed by atoms with van der Waals surface area (Å²) in [6, 6.07) is -0.581. The molecule has 0 fully saturated rings. The van der Waals surface area contributed by atoms with Crippen LogP contribution in [0.25, 0.3) is 0 Å². The molecule has 0 spiro atoms. The molecule has 16 heteroatoms. The van der Waals surface area contributed by atoms with Gasteiger partial charge in [-0.05, 0) is 29.7 Å². The van der Waals surface area contributed by atoms with E-state index in [1.807, 2.05) is 0 Å². The van der Waals surface area contributed by atoms with Crippen LogP contribution in [0, 0.1) is 23.3 Å². The molecule has 2 aromatic rings. The Balaban J connectivity index is 0.00000480. The number of carbonyl (C=O) groups is 1. The highest BCUT2D eigenvalue weighted by Gasteiger charge is 2.21. The van der Waals surface area contributed by atoms with Crippen molar-refractivity contribution in [3.8, 4) is 0 Å².